The lowest BCUT2D eigenvalue weighted by molar-refractivity contribution is 0.112. The van der Waals surface area contributed by atoms with Crippen LogP contribution in [0.2, 0.25) is 0 Å². The summed E-state index contributed by atoms with van der Waals surface area (Å²) >= 11 is 0. The van der Waals surface area contributed by atoms with Crippen molar-refractivity contribution >= 4 is 28.6 Å². The van der Waals surface area contributed by atoms with Gasteiger partial charge in [0.2, 0.25) is 0 Å². The minimum Gasteiger partial charge on any atom is -0.456 e. The predicted molar refractivity (Wildman–Crippen MR) is 124 cm³/mol. The zero-order chi connectivity index (χ0) is 20.9. The summed E-state index contributed by atoms with van der Waals surface area (Å²) in [5, 5.41) is 0.910. The average molecular weight is 391 g/mol. The standard InChI is InChI=1S/C27H21NO2/c1-3-8-23(4-2)28(24-9-6-5-7-10-24)25-14-12-21(13-15-25)27-18-22-17-20(19-29)11-16-26(22)30-27/h3-19H,1-2H2/b23-8+. The number of carbonyl (C=O) groups excluding carboxylic acids is 1. The van der Waals surface area contributed by atoms with Crippen molar-refractivity contribution in [2.45, 2.75) is 0 Å². The van der Waals surface area contributed by atoms with Gasteiger partial charge in [0.15, 0.2) is 0 Å². The first-order valence-electron chi connectivity index (χ1n) is 9.63. The summed E-state index contributed by atoms with van der Waals surface area (Å²) in [6.07, 6.45) is 6.33. The van der Waals surface area contributed by atoms with Gasteiger partial charge < -0.3 is 9.32 Å². The Morgan fingerprint density at radius 2 is 1.60 bits per heavy atom. The number of fused-ring (bicyclic) bond motifs is 1. The molecule has 0 atom stereocenters. The van der Waals surface area contributed by atoms with Crippen LogP contribution in [-0.4, -0.2) is 6.29 Å². The smallest absolute Gasteiger partial charge is 0.150 e. The Morgan fingerprint density at radius 3 is 2.27 bits per heavy atom. The molecule has 0 aliphatic heterocycles. The van der Waals surface area contributed by atoms with Crippen LogP contribution < -0.4 is 4.90 Å². The van der Waals surface area contributed by atoms with Crippen LogP contribution in [0.3, 0.4) is 0 Å². The molecule has 4 aromatic rings. The second-order valence-corrected chi connectivity index (χ2v) is 6.77. The molecule has 1 heterocycles. The van der Waals surface area contributed by atoms with E-state index in [9.17, 15) is 4.79 Å². The zero-order valence-corrected chi connectivity index (χ0v) is 16.5. The Hall–Kier alpha value is -4.11. The summed E-state index contributed by atoms with van der Waals surface area (Å²) in [5.74, 6) is 0.761. The molecule has 30 heavy (non-hydrogen) atoms. The number of allylic oxidation sites excluding steroid dienone is 3. The van der Waals surface area contributed by atoms with E-state index < -0.39 is 0 Å². The van der Waals surface area contributed by atoms with Crippen LogP contribution in [0.25, 0.3) is 22.3 Å². The van der Waals surface area contributed by atoms with Crippen LogP contribution in [0, 0.1) is 0 Å². The van der Waals surface area contributed by atoms with Crippen LogP contribution >= 0.6 is 0 Å². The highest BCUT2D eigenvalue weighted by atomic mass is 16.3. The quantitative estimate of drug-likeness (QED) is 0.245. The van der Waals surface area contributed by atoms with Crippen LogP contribution in [0.4, 0.5) is 11.4 Å². The van der Waals surface area contributed by atoms with E-state index in [0.29, 0.717) is 5.56 Å². The van der Waals surface area contributed by atoms with Gasteiger partial charge in [-0.2, -0.15) is 0 Å². The van der Waals surface area contributed by atoms with E-state index in [1.165, 1.54) is 0 Å². The summed E-state index contributed by atoms with van der Waals surface area (Å²) in [7, 11) is 0. The number of benzene rings is 3. The molecule has 4 rings (SSSR count). The molecule has 3 nitrogen and oxygen atoms in total. The van der Waals surface area contributed by atoms with Gasteiger partial charge in [0.1, 0.15) is 17.6 Å². The third kappa shape index (κ3) is 3.74. The predicted octanol–water partition coefficient (Wildman–Crippen LogP) is 7.31. The topological polar surface area (TPSA) is 33.5 Å². The van der Waals surface area contributed by atoms with Crippen molar-refractivity contribution in [1.82, 2.24) is 0 Å². The number of carbonyl (C=O) groups is 1. The molecule has 0 amide bonds. The second kappa shape index (κ2) is 8.50. The first-order chi connectivity index (χ1) is 14.7. The van der Waals surface area contributed by atoms with E-state index in [1.54, 1.807) is 12.1 Å². The van der Waals surface area contributed by atoms with Crippen molar-refractivity contribution in [2.24, 2.45) is 0 Å². The van der Waals surface area contributed by atoms with Crippen LogP contribution in [0.15, 0.2) is 120 Å². The molecule has 0 N–H and O–H groups in total. The van der Waals surface area contributed by atoms with Gasteiger partial charge in [0.05, 0.1) is 0 Å². The van der Waals surface area contributed by atoms with Gasteiger partial charge >= 0.3 is 0 Å². The van der Waals surface area contributed by atoms with E-state index in [2.05, 4.69) is 30.2 Å². The molecule has 0 unspecified atom stereocenters. The number of rotatable bonds is 7. The summed E-state index contributed by atoms with van der Waals surface area (Å²) in [5.41, 5.74) is 5.31. The molecular formula is C27H21NO2. The molecule has 3 aromatic carbocycles. The maximum Gasteiger partial charge on any atom is 0.150 e. The number of furan rings is 1. The molecular weight excluding hydrogens is 370 g/mol. The highest BCUT2D eigenvalue weighted by Crippen LogP contribution is 2.33. The fourth-order valence-electron chi connectivity index (χ4n) is 3.43. The largest absolute Gasteiger partial charge is 0.456 e. The molecule has 0 aliphatic rings. The first kappa shape index (κ1) is 19.2. The number of anilines is 2. The summed E-state index contributed by atoms with van der Waals surface area (Å²) in [6, 6.07) is 25.6. The normalized spacial score (nSPS) is 11.3. The minimum absolute atomic E-state index is 0.634. The highest BCUT2D eigenvalue weighted by molar-refractivity contribution is 5.89. The fourth-order valence-corrected chi connectivity index (χ4v) is 3.43. The lowest BCUT2D eigenvalue weighted by atomic mass is 10.1. The number of nitrogens with zero attached hydrogens (tertiary/aromatic N) is 1. The van der Waals surface area contributed by atoms with Gasteiger partial charge in [-0.15, -0.1) is 0 Å². The van der Waals surface area contributed by atoms with E-state index in [-0.39, 0.29) is 0 Å². The lowest BCUT2D eigenvalue weighted by Crippen LogP contribution is -2.14. The minimum atomic E-state index is 0.634. The number of hydrogen-bond donors (Lipinski definition) is 0. The summed E-state index contributed by atoms with van der Waals surface area (Å²) in [4.78, 5) is 13.1. The van der Waals surface area contributed by atoms with E-state index >= 15 is 0 Å². The van der Waals surface area contributed by atoms with Gasteiger partial charge in [0.25, 0.3) is 0 Å². The molecule has 0 bridgehead atoms. The maximum atomic E-state index is 11.0. The third-order valence-corrected chi connectivity index (χ3v) is 4.86. The van der Waals surface area contributed by atoms with E-state index in [4.69, 9.17) is 4.42 Å². The average Bonchev–Trinajstić information content (AvgIpc) is 3.23. The Morgan fingerprint density at radius 1 is 0.867 bits per heavy atom. The fraction of sp³-hybridized carbons (Fsp3) is 0. The molecule has 1 aromatic heterocycles. The Labute approximate surface area is 175 Å². The SMILES string of the molecule is C=C/C=C(\C=C)N(c1ccccc1)c1ccc(-c2cc3cc(C=O)ccc3o2)cc1. The highest BCUT2D eigenvalue weighted by Gasteiger charge is 2.13. The van der Waals surface area contributed by atoms with Crippen molar-refractivity contribution < 1.29 is 9.21 Å². The Balaban J connectivity index is 1.73. The van der Waals surface area contributed by atoms with Crippen molar-refractivity contribution in [3.8, 4) is 11.3 Å². The second-order valence-electron chi connectivity index (χ2n) is 6.77. The van der Waals surface area contributed by atoms with Gasteiger partial charge in [0, 0.05) is 33.6 Å². The van der Waals surface area contributed by atoms with Crippen molar-refractivity contribution in [3.63, 3.8) is 0 Å². The van der Waals surface area contributed by atoms with Gasteiger partial charge in [-0.3, -0.25) is 4.79 Å². The lowest BCUT2D eigenvalue weighted by Gasteiger charge is -2.26. The van der Waals surface area contributed by atoms with E-state index in [1.807, 2.05) is 72.8 Å². The van der Waals surface area contributed by atoms with Crippen molar-refractivity contribution in [2.75, 3.05) is 4.90 Å². The third-order valence-electron chi connectivity index (χ3n) is 4.86. The Bertz CT molecular complexity index is 1230. The molecule has 146 valence electrons. The van der Waals surface area contributed by atoms with Gasteiger partial charge in [-0.1, -0.05) is 37.4 Å². The molecule has 0 spiro atoms. The Kier molecular flexibility index (Phi) is 5.44. The molecule has 0 radical (unpaired) electrons. The summed E-state index contributed by atoms with van der Waals surface area (Å²) < 4.78 is 5.98. The number of aldehydes is 1. The maximum absolute atomic E-state index is 11.0. The number of para-hydroxylation sites is 1. The van der Waals surface area contributed by atoms with E-state index in [0.717, 1.165) is 45.7 Å². The molecule has 0 saturated heterocycles. The van der Waals surface area contributed by atoms with Crippen LogP contribution in [0.1, 0.15) is 10.4 Å². The first-order valence-corrected chi connectivity index (χ1v) is 9.63. The monoisotopic (exact) mass is 391 g/mol. The van der Waals surface area contributed by atoms with Crippen molar-refractivity contribution in [1.29, 1.82) is 0 Å². The number of hydrogen-bond acceptors (Lipinski definition) is 3. The molecule has 0 saturated carbocycles. The molecule has 0 fully saturated rings. The van der Waals surface area contributed by atoms with Gasteiger partial charge in [-0.05, 0) is 72.8 Å². The zero-order valence-electron chi connectivity index (χ0n) is 16.5. The molecule has 0 aliphatic carbocycles. The van der Waals surface area contributed by atoms with Crippen LogP contribution in [0.5, 0.6) is 0 Å². The summed E-state index contributed by atoms with van der Waals surface area (Å²) in [6.45, 7) is 7.78. The van der Waals surface area contributed by atoms with Crippen molar-refractivity contribution in [3.05, 3.63) is 122 Å². The van der Waals surface area contributed by atoms with Crippen LogP contribution in [-0.2, 0) is 0 Å². The molecule has 3 heteroatoms. The van der Waals surface area contributed by atoms with Gasteiger partial charge in [-0.25, -0.2) is 0 Å².